The van der Waals surface area contributed by atoms with Crippen molar-refractivity contribution >= 4 is 28.2 Å². The summed E-state index contributed by atoms with van der Waals surface area (Å²) in [5.41, 5.74) is 8.68. The molecule has 0 unspecified atom stereocenters. The summed E-state index contributed by atoms with van der Waals surface area (Å²) in [6.07, 6.45) is 0. The molecule has 1 aromatic heterocycles. The van der Waals surface area contributed by atoms with Crippen molar-refractivity contribution in [3.8, 4) is 11.3 Å². The minimum atomic E-state index is -0.494. The maximum absolute atomic E-state index is 13.5. The van der Waals surface area contributed by atoms with Gasteiger partial charge in [-0.25, -0.2) is 9.37 Å². The van der Waals surface area contributed by atoms with Gasteiger partial charge in [0.25, 0.3) is 0 Å². The second kappa shape index (κ2) is 4.52. The Balaban J connectivity index is 2.28. The lowest BCUT2D eigenvalue weighted by atomic mass is 10.1. The molecule has 1 heterocycles. The Labute approximate surface area is 114 Å². The quantitative estimate of drug-likeness (QED) is 0.718. The van der Waals surface area contributed by atoms with E-state index in [9.17, 15) is 4.39 Å². The topological polar surface area (TPSA) is 38.9 Å². The Morgan fingerprint density at radius 1 is 1.05 bits per heavy atom. The summed E-state index contributed by atoms with van der Waals surface area (Å²) in [6.45, 7) is 0. The molecule has 4 heteroatoms. The van der Waals surface area contributed by atoms with Gasteiger partial charge in [0.05, 0.1) is 16.2 Å². The van der Waals surface area contributed by atoms with E-state index < -0.39 is 5.82 Å². The van der Waals surface area contributed by atoms with Crippen LogP contribution >= 0.6 is 11.6 Å². The van der Waals surface area contributed by atoms with Crippen LogP contribution in [0.3, 0.4) is 0 Å². The second-order valence-corrected chi connectivity index (χ2v) is 4.65. The summed E-state index contributed by atoms with van der Waals surface area (Å²) < 4.78 is 13.5. The molecule has 0 spiro atoms. The number of anilines is 1. The molecular formula is C15H10ClFN2. The van der Waals surface area contributed by atoms with E-state index in [1.165, 1.54) is 12.1 Å². The van der Waals surface area contributed by atoms with Crippen molar-refractivity contribution in [2.75, 3.05) is 5.73 Å². The third-order valence-electron chi connectivity index (χ3n) is 2.95. The van der Waals surface area contributed by atoms with Crippen LogP contribution in [-0.2, 0) is 0 Å². The zero-order valence-electron chi connectivity index (χ0n) is 9.90. The van der Waals surface area contributed by atoms with Crippen LogP contribution in [0.15, 0.2) is 48.5 Å². The molecule has 0 saturated heterocycles. The summed E-state index contributed by atoms with van der Waals surface area (Å²) in [5.74, 6) is -0.494. The molecule has 0 aliphatic heterocycles. The normalized spacial score (nSPS) is 10.8. The first-order chi connectivity index (χ1) is 9.15. The summed E-state index contributed by atoms with van der Waals surface area (Å²) in [5, 5.41) is 0.708. The maximum atomic E-state index is 13.5. The lowest BCUT2D eigenvalue weighted by Gasteiger charge is -2.07. The molecule has 2 N–H and O–H groups in total. The monoisotopic (exact) mass is 272 g/mol. The largest absolute Gasteiger partial charge is 0.398 e. The van der Waals surface area contributed by atoms with E-state index in [-0.39, 0.29) is 5.02 Å². The fraction of sp³-hybridized carbons (Fsp3) is 0. The van der Waals surface area contributed by atoms with Crippen molar-refractivity contribution in [2.45, 2.75) is 0 Å². The van der Waals surface area contributed by atoms with Crippen molar-refractivity contribution in [3.05, 3.63) is 59.4 Å². The van der Waals surface area contributed by atoms with E-state index in [1.807, 2.05) is 30.3 Å². The highest BCUT2D eigenvalue weighted by atomic mass is 35.5. The zero-order chi connectivity index (χ0) is 13.4. The SMILES string of the molecule is Nc1cc(-c2ccccc2)nc2cc(F)c(Cl)cc12. The Bertz CT molecular complexity index is 757. The number of pyridine rings is 1. The Hall–Kier alpha value is -2.13. The van der Waals surface area contributed by atoms with Gasteiger partial charge in [-0.3, -0.25) is 0 Å². The minimum Gasteiger partial charge on any atom is -0.398 e. The number of nitrogens with zero attached hydrogens (tertiary/aromatic N) is 1. The van der Waals surface area contributed by atoms with E-state index in [2.05, 4.69) is 4.98 Å². The van der Waals surface area contributed by atoms with Gasteiger partial charge < -0.3 is 5.73 Å². The summed E-state index contributed by atoms with van der Waals surface area (Å²) in [7, 11) is 0. The third-order valence-corrected chi connectivity index (χ3v) is 3.24. The predicted molar refractivity (Wildman–Crippen MR) is 76.6 cm³/mol. The fourth-order valence-corrected chi connectivity index (χ4v) is 2.17. The number of hydrogen-bond acceptors (Lipinski definition) is 2. The molecule has 0 aliphatic carbocycles. The maximum Gasteiger partial charge on any atom is 0.143 e. The average molecular weight is 273 g/mol. The second-order valence-electron chi connectivity index (χ2n) is 4.25. The van der Waals surface area contributed by atoms with Crippen LogP contribution in [0.5, 0.6) is 0 Å². The van der Waals surface area contributed by atoms with Gasteiger partial charge in [-0.1, -0.05) is 41.9 Å². The molecule has 0 aliphatic rings. The standard InChI is InChI=1S/C15H10ClFN2/c16-11-6-10-13(18)8-14(9-4-2-1-3-5-9)19-15(10)7-12(11)17/h1-8H,(H2,18,19). The van der Waals surface area contributed by atoms with Gasteiger partial charge in [0.15, 0.2) is 0 Å². The number of rotatable bonds is 1. The molecule has 19 heavy (non-hydrogen) atoms. The molecule has 0 amide bonds. The first-order valence-corrected chi connectivity index (χ1v) is 6.13. The third kappa shape index (κ3) is 2.13. The van der Waals surface area contributed by atoms with E-state index in [1.54, 1.807) is 6.07 Å². The van der Waals surface area contributed by atoms with E-state index in [0.717, 1.165) is 5.56 Å². The number of aromatic nitrogens is 1. The van der Waals surface area contributed by atoms with E-state index in [4.69, 9.17) is 17.3 Å². The van der Waals surface area contributed by atoms with Crippen LogP contribution in [0.1, 0.15) is 0 Å². The van der Waals surface area contributed by atoms with Gasteiger partial charge >= 0.3 is 0 Å². The molecule has 2 nitrogen and oxygen atoms in total. The van der Waals surface area contributed by atoms with Gasteiger partial charge in [-0.05, 0) is 12.1 Å². The van der Waals surface area contributed by atoms with Crippen LogP contribution in [0, 0.1) is 5.82 Å². The Kier molecular flexibility index (Phi) is 2.84. The number of fused-ring (bicyclic) bond motifs is 1. The Morgan fingerprint density at radius 3 is 2.53 bits per heavy atom. The van der Waals surface area contributed by atoms with Crippen molar-refractivity contribution in [1.82, 2.24) is 4.98 Å². The van der Waals surface area contributed by atoms with Gasteiger partial charge in [-0.15, -0.1) is 0 Å². The van der Waals surface area contributed by atoms with Gasteiger partial charge in [0.1, 0.15) is 5.82 Å². The lowest BCUT2D eigenvalue weighted by Crippen LogP contribution is -1.93. The summed E-state index contributed by atoms with van der Waals surface area (Å²) in [4.78, 5) is 4.43. The predicted octanol–water partition coefficient (Wildman–Crippen LogP) is 4.28. The number of halogens is 2. The lowest BCUT2D eigenvalue weighted by molar-refractivity contribution is 0.630. The van der Waals surface area contributed by atoms with Crippen LogP contribution < -0.4 is 5.73 Å². The minimum absolute atomic E-state index is 0.0495. The highest BCUT2D eigenvalue weighted by molar-refractivity contribution is 6.31. The van der Waals surface area contributed by atoms with Crippen LogP contribution in [-0.4, -0.2) is 4.98 Å². The smallest absolute Gasteiger partial charge is 0.143 e. The molecule has 3 aromatic rings. The molecule has 0 bridgehead atoms. The summed E-state index contributed by atoms with van der Waals surface area (Å²) >= 11 is 5.76. The molecule has 0 saturated carbocycles. The average Bonchev–Trinajstić information content (AvgIpc) is 2.42. The Morgan fingerprint density at radius 2 is 1.79 bits per heavy atom. The zero-order valence-corrected chi connectivity index (χ0v) is 10.7. The van der Waals surface area contributed by atoms with Crippen molar-refractivity contribution in [2.24, 2.45) is 0 Å². The van der Waals surface area contributed by atoms with Gasteiger partial charge in [-0.2, -0.15) is 0 Å². The molecule has 2 aromatic carbocycles. The highest BCUT2D eigenvalue weighted by Gasteiger charge is 2.09. The van der Waals surface area contributed by atoms with E-state index >= 15 is 0 Å². The van der Waals surface area contributed by atoms with Crippen molar-refractivity contribution < 1.29 is 4.39 Å². The molecule has 0 radical (unpaired) electrons. The van der Waals surface area contributed by atoms with Gasteiger partial charge in [0, 0.05) is 22.7 Å². The molecule has 94 valence electrons. The number of hydrogen-bond donors (Lipinski definition) is 1. The highest BCUT2D eigenvalue weighted by Crippen LogP contribution is 2.29. The molecule has 3 rings (SSSR count). The van der Waals surface area contributed by atoms with Gasteiger partial charge in [0.2, 0.25) is 0 Å². The number of nitrogen functional groups attached to an aromatic ring is 1. The fourth-order valence-electron chi connectivity index (χ4n) is 2.00. The molecule has 0 atom stereocenters. The summed E-state index contributed by atoms with van der Waals surface area (Å²) in [6, 6.07) is 14.2. The number of nitrogens with two attached hydrogens (primary N) is 1. The van der Waals surface area contributed by atoms with E-state index in [0.29, 0.717) is 22.3 Å². The van der Waals surface area contributed by atoms with Crippen LogP contribution in [0.2, 0.25) is 5.02 Å². The molecular weight excluding hydrogens is 263 g/mol. The van der Waals surface area contributed by atoms with Crippen LogP contribution in [0.4, 0.5) is 10.1 Å². The van der Waals surface area contributed by atoms with Crippen molar-refractivity contribution in [1.29, 1.82) is 0 Å². The first-order valence-electron chi connectivity index (χ1n) is 5.76. The first kappa shape index (κ1) is 11.9. The number of benzene rings is 2. The molecule has 0 fully saturated rings. The van der Waals surface area contributed by atoms with Crippen LogP contribution in [0.25, 0.3) is 22.2 Å². The van der Waals surface area contributed by atoms with Crippen molar-refractivity contribution in [3.63, 3.8) is 0 Å².